The van der Waals surface area contributed by atoms with Gasteiger partial charge in [0.1, 0.15) is 0 Å². The lowest BCUT2D eigenvalue weighted by molar-refractivity contribution is 0.321. The van der Waals surface area contributed by atoms with Crippen molar-refractivity contribution in [2.45, 2.75) is 46.1 Å². The molecule has 0 saturated carbocycles. The highest BCUT2D eigenvalue weighted by Crippen LogP contribution is 2.30. The molecule has 1 saturated heterocycles. The summed E-state index contributed by atoms with van der Waals surface area (Å²) in [5.74, 6) is 0.811. The van der Waals surface area contributed by atoms with Crippen molar-refractivity contribution in [3.05, 3.63) is 34.4 Å². The maximum Gasteiger partial charge on any atom is 0.0325 e. The second-order valence-corrected chi connectivity index (χ2v) is 6.10. The molecule has 0 bridgehead atoms. The Hall–Kier alpha value is -0.860. The minimum Gasteiger partial charge on any atom is -0.316 e. The first-order chi connectivity index (χ1) is 9.11. The highest BCUT2D eigenvalue weighted by Gasteiger charge is 2.21. The van der Waals surface area contributed by atoms with E-state index in [9.17, 15) is 0 Å². The zero-order valence-electron chi connectivity index (χ0n) is 12.8. The molecule has 2 unspecified atom stereocenters. The van der Waals surface area contributed by atoms with Crippen LogP contribution in [0.1, 0.15) is 47.6 Å². The zero-order chi connectivity index (χ0) is 13.8. The van der Waals surface area contributed by atoms with Crippen LogP contribution in [-0.4, -0.2) is 20.1 Å². The number of aryl methyl sites for hydroxylation is 3. The molecule has 1 fully saturated rings. The number of rotatable bonds is 4. The third-order valence-electron chi connectivity index (χ3n) is 4.40. The van der Waals surface area contributed by atoms with E-state index in [0.717, 1.165) is 5.92 Å². The Morgan fingerprint density at radius 2 is 1.95 bits per heavy atom. The van der Waals surface area contributed by atoms with E-state index >= 15 is 0 Å². The minimum absolute atomic E-state index is 0.491. The van der Waals surface area contributed by atoms with E-state index in [2.05, 4.69) is 50.6 Å². The van der Waals surface area contributed by atoms with Gasteiger partial charge in [-0.2, -0.15) is 0 Å². The van der Waals surface area contributed by atoms with Crippen molar-refractivity contribution in [1.82, 2.24) is 10.6 Å². The van der Waals surface area contributed by atoms with Crippen LogP contribution in [0.4, 0.5) is 0 Å². The molecule has 2 nitrogen and oxygen atoms in total. The second-order valence-electron chi connectivity index (χ2n) is 6.10. The van der Waals surface area contributed by atoms with E-state index < -0.39 is 0 Å². The fraction of sp³-hybridized carbons (Fsp3) is 0.647. The van der Waals surface area contributed by atoms with Crippen molar-refractivity contribution in [2.75, 3.05) is 20.1 Å². The van der Waals surface area contributed by atoms with Gasteiger partial charge in [-0.15, -0.1) is 0 Å². The minimum atomic E-state index is 0.491. The van der Waals surface area contributed by atoms with E-state index in [1.165, 1.54) is 54.6 Å². The van der Waals surface area contributed by atoms with Gasteiger partial charge in [0, 0.05) is 6.04 Å². The molecule has 1 aliphatic heterocycles. The van der Waals surface area contributed by atoms with Gasteiger partial charge in [0.05, 0.1) is 0 Å². The van der Waals surface area contributed by atoms with Crippen molar-refractivity contribution in [2.24, 2.45) is 5.92 Å². The molecule has 0 radical (unpaired) electrons. The molecule has 0 aliphatic carbocycles. The fourth-order valence-electron chi connectivity index (χ4n) is 3.58. The van der Waals surface area contributed by atoms with Gasteiger partial charge in [-0.1, -0.05) is 17.7 Å². The van der Waals surface area contributed by atoms with Crippen LogP contribution >= 0.6 is 0 Å². The molecule has 19 heavy (non-hydrogen) atoms. The molecule has 2 heteroatoms. The lowest BCUT2D eigenvalue weighted by atomic mass is 9.86. The highest BCUT2D eigenvalue weighted by molar-refractivity contribution is 5.39. The third kappa shape index (κ3) is 3.58. The number of nitrogens with one attached hydrogen (secondary N) is 2. The molecule has 2 rings (SSSR count). The molecule has 1 heterocycles. The maximum absolute atomic E-state index is 3.54. The Kier molecular flexibility index (Phi) is 5.00. The van der Waals surface area contributed by atoms with Crippen LogP contribution in [0.5, 0.6) is 0 Å². The van der Waals surface area contributed by atoms with Crippen molar-refractivity contribution in [3.63, 3.8) is 0 Å². The molecule has 2 N–H and O–H groups in total. The smallest absolute Gasteiger partial charge is 0.0325 e. The van der Waals surface area contributed by atoms with Crippen LogP contribution in [0.25, 0.3) is 0 Å². The number of hydrogen-bond donors (Lipinski definition) is 2. The molecule has 1 aliphatic rings. The van der Waals surface area contributed by atoms with E-state index in [4.69, 9.17) is 0 Å². The van der Waals surface area contributed by atoms with Crippen LogP contribution < -0.4 is 10.6 Å². The second kappa shape index (κ2) is 6.53. The topological polar surface area (TPSA) is 24.1 Å². The molecule has 106 valence electrons. The van der Waals surface area contributed by atoms with Crippen LogP contribution in [0.15, 0.2) is 12.1 Å². The predicted molar refractivity (Wildman–Crippen MR) is 82.7 cm³/mol. The first-order valence-corrected chi connectivity index (χ1v) is 7.57. The van der Waals surface area contributed by atoms with Gasteiger partial charge >= 0.3 is 0 Å². The average molecular weight is 260 g/mol. The zero-order valence-corrected chi connectivity index (χ0v) is 12.8. The third-order valence-corrected chi connectivity index (χ3v) is 4.40. The summed E-state index contributed by atoms with van der Waals surface area (Å²) in [5.41, 5.74) is 5.74. The number of piperidine rings is 1. The van der Waals surface area contributed by atoms with Crippen molar-refractivity contribution in [3.8, 4) is 0 Å². The Morgan fingerprint density at radius 3 is 2.47 bits per heavy atom. The summed E-state index contributed by atoms with van der Waals surface area (Å²) in [6.07, 6.45) is 3.94. The van der Waals surface area contributed by atoms with Gasteiger partial charge in [0.2, 0.25) is 0 Å². The van der Waals surface area contributed by atoms with Crippen molar-refractivity contribution in [1.29, 1.82) is 0 Å². The average Bonchev–Trinajstić information content (AvgIpc) is 2.37. The Balaban J connectivity index is 2.16. The van der Waals surface area contributed by atoms with Crippen molar-refractivity contribution >= 4 is 0 Å². The number of benzene rings is 1. The quantitative estimate of drug-likeness (QED) is 0.868. The first-order valence-electron chi connectivity index (χ1n) is 7.57. The largest absolute Gasteiger partial charge is 0.316 e. The summed E-state index contributed by atoms with van der Waals surface area (Å²) < 4.78 is 0. The van der Waals surface area contributed by atoms with Gasteiger partial charge in [0.25, 0.3) is 0 Å². The molecule has 1 aromatic carbocycles. The lowest BCUT2D eigenvalue weighted by Crippen LogP contribution is -2.32. The summed E-state index contributed by atoms with van der Waals surface area (Å²) in [4.78, 5) is 0. The fourth-order valence-corrected chi connectivity index (χ4v) is 3.58. The summed E-state index contributed by atoms with van der Waals surface area (Å²) in [7, 11) is 2.10. The molecule has 0 spiro atoms. The van der Waals surface area contributed by atoms with Crippen molar-refractivity contribution < 1.29 is 0 Å². The predicted octanol–water partition coefficient (Wildman–Crippen LogP) is 3.26. The molecule has 2 atom stereocenters. The maximum atomic E-state index is 3.54. The molecular formula is C17H28N2. The normalized spacial score (nSPS) is 21.4. The summed E-state index contributed by atoms with van der Waals surface area (Å²) in [6.45, 7) is 9.06. The van der Waals surface area contributed by atoms with E-state index in [1.54, 1.807) is 0 Å². The molecule has 0 amide bonds. The molecule has 0 aromatic heterocycles. The van der Waals surface area contributed by atoms with Crippen LogP contribution in [0, 0.1) is 26.7 Å². The van der Waals surface area contributed by atoms with Gasteiger partial charge in [-0.25, -0.2) is 0 Å². The van der Waals surface area contributed by atoms with Crippen LogP contribution in [0.3, 0.4) is 0 Å². The molecular weight excluding hydrogens is 232 g/mol. The van der Waals surface area contributed by atoms with Crippen LogP contribution in [0.2, 0.25) is 0 Å². The van der Waals surface area contributed by atoms with Gasteiger partial charge in [-0.05, 0) is 82.8 Å². The first kappa shape index (κ1) is 14.5. The Bertz CT molecular complexity index is 396. The Labute approximate surface area is 118 Å². The lowest BCUT2D eigenvalue weighted by Gasteiger charge is -2.29. The highest BCUT2D eigenvalue weighted by atomic mass is 14.9. The monoisotopic (exact) mass is 260 g/mol. The summed E-state index contributed by atoms with van der Waals surface area (Å²) in [6, 6.07) is 5.11. The van der Waals surface area contributed by atoms with E-state index in [0.29, 0.717) is 6.04 Å². The Morgan fingerprint density at radius 1 is 1.26 bits per heavy atom. The van der Waals surface area contributed by atoms with E-state index in [1.807, 2.05) is 0 Å². The van der Waals surface area contributed by atoms with Gasteiger partial charge in [0.15, 0.2) is 0 Å². The summed E-state index contributed by atoms with van der Waals surface area (Å²) >= 11 is 0. The van der Waals surface area contributed by atoms with Gasteiger partial charge in [-0.3, -0.25) is 0 Å². The SMILES string of the molecule is CNC(CC1CCCNC1)c1c(C)cc(C)cc1C. The molecule has 1 aromatic rings. The summed E-state index contributed by atoms with van der Waals surface area (Å²) in [5, 5.41) is 7.07. The van der Waals surface area contributed by atoms with E-state index in [-0.39, 0.29) is 0 Å². The van der Waals surface area contributed by atoms with Crippen LogP contribution in [-0.2, 0) is 0 Å². The van der Waals surface area contributed by atoms with Gasteiger partial charge < -0.3 is 10.6 Å². The standard InChI is InChI=1S/C17H28N2/c1-12-8-13(2)17(14(3)9-12)16(18-4)10-15-6-5-7-19-11-15/h8-9,15-16,18-19H,5-7,10-11H2,1-4H3. The number of hydrogen-bond acceptors (Lipinski definition) is 2.